The van der Waals surface area contributed by atoms with E-state index in [9.17, 15) is 19.5 Å². The molecule has 7 nitrogen and oxygen atoms in total. The number of carbonyl (C=O) groups is 3. The summed E-state index contributed by atoms with van der Waals surface area (Å²) < 4.78 is -0.861. The Bertz CT molecular complexity index is 1280. The second-order valence-corrected chi connectivity index (χ2v) is 11.8. The molecule has 2 aromatic carbocycles. The SMILES string of the molecule is O=C1C2N(CCO)C(=O)[C@@H]3[C@H]4C(=O)N(Cc5ccccc5)CC=C[C@H]4S[C@]23C=CCN1Cc1ccccc1. The molecule has 0 aliphatic carbocycles. The van der Waals surface area contributed by atoms with Gasteiger partial charge in [-0.05, 0) is 11.1 Å². The molecule has 0 radical (unpaired) electrons. The molecule has 0 aromatic heterocycles. The summed E-state index contributed by atoms with van der Waals surface area (Å²) in [6.07, 6.45) is 8.07. The summed E-state index contributed by atoms with van der Waals surface area (Å²) in [4.78, 5) is 47.4. The second-order valence-electron chi connectivity index (χ2n) is 10.3. The summed E-state index contributed by atoms with van der Waals surface area (Å²) in [7, 11) is 0. The van der Waals surface area contributed by atoms with Gasteiger partial charge in [-0.25, -0.2) is 0 Å². The Labute approximate surface area is 226 Å². The first-order chi connectivity index (χ1) is 18.5. The van der Waals surface area contributed by atoms with Crippen LogP contribution in [0, 0.1) is 11.8 Å². The maximum absolute atomic E-state index is 14.1. The molecule has 1 spiro atoms. The van der Waals surface area contributed by atoms with Crippen LogP contribution in [0.4, 0.5) is 0 Å². The summed E-state index contributed by atoms with van der Waals surface area (Å²) in [5, 5.41) is 9.66. The number of amides is 3. The van der Waals surface area contributed by atoms with Gasteiger partial charge in [-0.1, -0.05) is 85.0 Å². The topological polar surface area (TPSA) is 81.2 Å². The minimum absolute atomic E-state index is 0.0533. The lowest BCUT2D eigenvalue weighted by molar-refractivity contribution is -0.145. The van der Waals surface area contributed by atoms with Crippen LogP contribution in [-0.4, -0.2) is 79.8 Å². The van der Waals surface area contributed by atoms with E-state index in [-0.39, 0.29) is 36.1 Å². The van der Waals surface area contributed by atoms with Crippen molar-refractivity contribution in [3.63, 3.8) is 0 Å². The van der Waals surface area contributed by atoms with Crippen LogP contribution >= 0.6 is 11.8 Å². The summed E-state index contributed by atoms with van der Waals surface area (Å²) >= 11 is 1.57. The number of fused-ring (bicyclic) bond motifs is 2. The van der Waals surface area contributed by atoms with E-state index in [1.54, 1.807) is 16.7 Å². The first-order valence-electron chi connectivity index (χ1n) is 13.1. The summed E-state index contributed by atoms with van der Waals surface area (Å²) in [6, 6.07) is 18.9. The molecular weight excluding hydrogens is 498 g/mol. The van der Waals surface area contributed by atoms with Gasteiger partial charge < -0.3 is 19.8 Å². The molecule has 5 atom stereocenters. The smallest absolute Gasteiger partial charge is 0.247 e. The maximum Gasteiger partial charge on any atom is 0.247 e. The maximum atomic E-state index is 14.1. The van der Waals surface area contributed by atoms with Crippen LogP contribution in [0.5, 0.6) is 0 Å². The van der Waals surface area contributed by atoms with Gasteiger partial charge in [0, 0.05) is 38.0 Å². The first-order valence-corrected chi connectivity index (χ1v) is 14.0. The quantitative estimate of drug-likeness (QED) is 0.582. The number of carbonyl (C=O) groups excluding carboxylic acids is 3. The van der Waals surface area contributed by atoms with Crippen molar-refractivity contribution in [2.45, 2.75) is 29.1 Å². The van der Waals surface area contributed by atoms with Crippen LogP contribution in [-0.2, 0) is 27.5 Å². The highest BCUT2D eigenvalue weighted by atomic mass is 32.2. The lowest BCUT2D eigenvalue weighted by atomic mass is 9.78. The number of hydrogen-bond donors (Lipinski definition) is 1. The molecule has 0 bridgehead atoms. The summed E-state index contributed by atoms with van der Waals surface area (Å²) in [6.45, 7) is 1.64. The van der Waals surface area contributed by atoms with Crippen LogP contribution < -0.4 is 0 Å². The van der Waals surface area contributed by atoms with Gasteiger partial charge in [0.1, 0.15) is 6.04 Å². The standard InChI is InChI=1S/C30H31N3O4S/c34-18-17-33-26-29(37)32(20-22-11-5-2-6-12-22)16-8-14-30(26)25(28(33)36)24-23(38-30)13-7-15-31(27(24)35)19-21-9-3-1-4-10-21/h1-14,23-26,34H,15-20H2/t23-,24+,25+,26?,30+/m1/s1. The van der Waals surface area contributed by atoms with Crippen molar-refractivity contribution in [1.82, 2.24) is 14.7 Å². The van der Waals surface area contributed by atoms with E-state index < -0.39 is 22.6 Å². The van der Waals surface area contributed by atoms with Crippen molar-refractivity contribution in [3.05, 3.63) is 96.1 Å². The number of hydrogen-bond acceptors (Lipinski definition) is 5. The van der Waals surface area contributed by atoms with Crippen LogP contribution in [0.2, 0.25) is 0 Å². The molecule has 2 fully saturated rings. The van der Waals surface area contributed by atoms with E-state index in [0.717, 1.165) is 11.1 Å². The van der Waals surface area contributed by atoms with E-state index in [0.29, 0.717) is 26.2 Å². The Morgan fingerprint density at radius 3 is 2.05 bits per heavy atom. The van der Waals surface area contributed by atoms with Gasteiger partial charge in [0.15, 0.2) is 0 Å². The zero-order valence-corrected chi connectivity index (χ0v) is 21.9. The number of likely N-dealkylation sites (tertiary alicyclic amines) is 1. The fourth-order valence-electron chi connectivity index (χ4n) is 6.48. The average molecular weight is 530 g/mol. The van der Waals surface area contributed by atoms with E-state index in [4.69, 9.17) is 0 Å². The normalized spacial score (nSPS) is 30.2. The highest BCUT2D eigenvalue weighted by Gasteiger charge is 2.70. The molecule has 2 aromatic rings. The van der Waals surface area contributed by atoms with E-state index in [1.165, 1.54) is 4.90 Å². The third kappa shape index (κ3) is 4.07. The van der Waals surface area contributed by atoms with E-state index in [1.807, 2.05) is 83.8 Å². The molecule has 8 heteroatoms. The largest absolute Gasteiger partial charge is 0.395 e. The van der Waals surface area contributed by atoms with Gasteiger partial charge in [-0.2, -0.15) is 0 Å². The van der Waals surface area contributed by atoms with Crippen molar-refractivity contribution in [2.75, 3.05) is 26.2 Å². The Hall–Kier alpha value is -3.36. The van der Waals surface area contributed by atoms with Crippen LogP contribution in [0.3, 0.4) is 0 Å². The number of β-amino-alcohol motifs (C(OH)–C–C–N with tert-alkyl or cyclic N) is 1. The highest BCUT2D eigenvalue weighted by Crippen LogP contribution is 2.61. The number of aliphatic hydroxyl groups excluding tert-OH is 1. The zero-order valence-electron chi connectivity index (χ0n) is 21.1. The van der Waals surface area contributed by atoms with Crippen LogP contribution in [0.25, 0.3) is 0 Å². The minimum Gasteiger partial charge on any atom is -0.395 e. The van der Waals surface area contributed by atoms with Gasteiger partial charge >= 0.3 is 0 Å². The van der Waals surface area contributed by atoms with Gasteiger partial charge in [-0.3, -0.25) is 14.4 Å². The van der Waals surface area contributed by atoms with E-state index in [2.05, 4.69) is 6.08 Å². The Kier molecular flexibility index (Phi) is 6.61. The van der Waals surface area contributed by atoms with Crippen molar-refractivity contribution in [3.8, 4) is 0 Å². The van der Waals surface area contributed by atoms with Gasteiger partial charge in [0.25, 0.3) is 0 Å². The van der Waals surface area contributed by atoms with Gasteiger partial charge in [-0.15, -0.1) is 11.8 Å². The predicted molar refractivity (Wildman–Crippen MR) is 146 cm³/mol. The van der Waals surface area contributed by atoms with Crippen molar-refractivity contribution < 1.29 is 19.5 Å². The Balaban J connectivity index is 1.36. The monoisotopic (exact) mass is 529 g/mol. The molecule has 4 aliphatic rings. The Morgan fingerprint density at radius 1 is 0.816 bits per heavy atom. The average Bonchev–Trinajstić information content (AvgIpc) is 3.25. The van der Waals surface area contributed by atoms with Crippen molar-refractivity contribution >= 4 is 29.5 Å². The summed E-state index contributed by atoms with van der Waals surface area (Å²) in [5.74, 6) is -1.64. The lowest BCUT2D eigenvalue weighted by Crippen LogP contribution is -2.53. The molecule has 1 N–H and O–H groups in total. The summed E-state index contributed by atoms with van der Waals surface area (Å²) in [5.41, 5.74) is 2.05. The molecule has 4 aliphatic heterocycles. The number of rotatable bonds is 6. The molecule has 4 heterocycles. The molecule has 196 valence electrons. The van der Waals surface area contributed by atoms with Crippen LogP contribution in [0.1, 0.15) is 11.1 Å². The molecule has 0 saturated carbocycles. The molecule has 3 amide bonds. The number of thioether (sulfide) groups is 1. The highest BCUT2D eigenvalue weighted by molar-refractivity contribution is 8.02. The van der Waals surface area contributed by atoms with Crippen LogP contribution in [0.15, 0.2) is 85.0 Å². The second kappa shape index (κ2) is 10.1. The van der Waals surface area contributed by atoms with Crippen molar-refractivity contribution in [1.29, 1.82) is 0 Å². The molecule has 38 heavy (non-hydrogen) atoms. The first kappa shape index (κ1) is 24.9. The van der Waals surface area contributed by atoms with Crippen molar-refractivity contribution in [2.24, 2.45) is 11.8 Å². The molecule has 6 rings (SSSR count). The molecular formula is C30H31N3O4S. The van der Waals surface area contributed by atoms with E-state index >= 15 is 0 Å². The van der Waals surface area contributed by atoms with Gasteiger partial charge in [0.2, 0.25) is 17.7 Å². The fraction of sp³-hybridized carbons (Fsp3) is 0.367. The lowest BCUT2D eigenvalue weighted by Gasteiger charge is -2.35. The third-order valence-corrected chi connectivity index (χ3v) is 9.84. The van der Waals surface area contributed by atoms with Gasteiger partial charge in [0.05, 0.1) is 23.2 Å². The Morgan fingerprint density at radius 2 is 1.42 bits per heavy atom. The molecule has 1 unspecified atom stereocenters. The number of benzene rings is 2. The zero-order chi connectivity index (χ0) is 26.3. The molecule has 2 saturated heterocycles. The number of aliphatic hydroxyl groups is 1. The fourth-order valence-corrected chi connectivity index (χ4v) is 8.48. The third-order valence-electron chi connectivity index (χ3n) is 8.10. The predicted octanol–water partition coefficient (Wildman–Crippen LogP) is 2.47. The minimum atomic E-state index is -0.861. The number of nitrogens with zero attached hydrogens (tertiary/aromatic N) is 3.